The van der Waals surface area contributed by atoms with Gasteiger partial charge >= 0.3 is 0 Å². The third kappa shape index (κ3) is 2.74. The Balaban J connectivity index is 2.40. The summed E-state index contributed by atoms with van der Waals surface area (Å²) >= 11 is 6.02. The van der Waals surface area contributed by atoms with Gasteiger partial charge in [0.15, 0.2) is 0 Å². The molecule has 0 fully saturated rings. The molecule has 3 heteroatoms. The zero-order valence-electron chi connectivity index (χ0n) is 10.7. The maximum atomic E-state index is 12.2. The lowest BCUT2D eigenvalue weighted by atomic mass is 9.97. The monoisotopic (exact) mass is 272 g/mol. The standard InChI is InChI=1S/C16H13ClO2/c1-10-7-8-13(14(17)9-10)16(19)15(18)12-6-4-3-5-11(12)2/h3-9H,1-2H3. The van der Waals surface area contributed by atoms with E-state index in [2.05, 4.69) is 0 Å². The van der Waals surface area contributed by atoms with E-state index in [9.17, 15) is 9.59 Å². The highest BCUT2D eigenvalue weighted by Crippen LogP contribution is 2.20. The van der Waals surface area contributed by atoms with Gasteiger partial charge in [-0.1, -0.05) is 41.9 Å². The minimum atomic E-state index is -0.570. The molecule has 2 aromatic carbocycles. The summed E-state index contributed by atoms with van der Waals surface area (Å²) in [4.78, 5) is 24.4. The molecule has 2 rings (SSSR count). The lowest BCUT2D eigenvalue weighted by Gasteiger charge is -2.06. The van der Waals surface area contributed by atoms with Crippen molar-refractivity contribution in [3.63, 3.8) is 0 Å². The van der Waals surface area contributed by atoms with Crippen LogP contribution in [0.4, 0.5) is 0 Å². The summed E-state index contributed by atoms with van der Waals surface area (Å²) in [6.45, 7) is 3.68. The Labute approximate surface area is 117 Å². The van der Waals surface area contributed by atoms with Crippen LogP contribution in [0.15, 0.2) is 42.5 Å². The van der Waals surface area contributed by atoms with E-state index in [1.807, 2.05) is 13.0 Å². The zero-order valence-corrected chi connectivity index (χ0v) is 11.5. The first-order valence-corrected chi connectivity index (χ1v) is 6.29. The topological polar surface area (TPSA) is 34.1 Å². The number of carbonyl (C=O) groups is 2. The fraction of sp³-hybridized carbons (Fsp3) is 0.125. The summed E-state index contributed by atoms with van der Waals surface area (Å²) in [5.74, 6) is -1.09. The van der Waals surface area contributed by atoms with Gasteiger partial charge in [-0.15, -0.1) is 0 Å². The van der Waals surface area contributed by atoms with Gasteiger partial charge in [0.2, 0.25) is 11.6 Å². The second-order valence-electron chi connectivity index (χ2n) is 4.46. The van der Waals surface area contributed by atoms with E-state index in [-0.39, 0.29) is 5.56 Å². The zero-order chi connectivity index (χ0) is 14.0. The number of rotatable bonds is 3. The molecule has 0 spiro atoms. The van der Waals surface area contributed by atoms with Crippen molar-refractivity contribution in [2.45, 2.75) is 13.8 Å². The molecule has 96 valence electrons. The first-order valence-electron chi connectivity index (χ1n) is 5.91. The number of Topliss-reactive ketones (excluding diaryl/α,β-unsaturated/α-hetero) is 2. The van der Waals surface area contributed by atoms with Crippen LogP contribution in [0, 0.1) is 13.8 Å². The fourth-order valence-electron chi connectivity index (χ4n) is 1.88. The number of halogens is 1. The summed E-state index contributed by atoms with van der Waals surface area (Å²) in [7, 11) is 0. The van der Waals surface area contributed by atoms with Crippen LogP contribution in [-0.2, 0) is 0 Å². The molecule has 0 heterocycles. The summed E-state index contributed by atoms with van der Waals surface area (Å²) in [6.07, 6.45) is 0. The van der Waals surface area contributed by atoms with Gasteiger partial charge < -0.3 is 0 Å². The second kappa shape index (κ2) is 5.37. The molecule has 0 aliphatic carbocycles. The molecule has 0 aliphatic rings. The largest absolute Gasteiger partial charge is 0.285 e. The van der Waals surface area contributed by atoms with Gasteiger partial charge in [-0.2, -0.15) is 0 Å². The molecule has 0 aliphatic heterocycles. The Morgan fingerprint density at radius 1 is 0.895 bits per heavy atom. The molecule has 0 atom stereocenters. The highest BCUT2D eigenvalue weighted by molar-refractivity contribution is 6.52. The third-order valence-corrected chi connectivity index (χ3v) is 3.28. The van der Waals surface area contributed by atoms with Crippen molar-refractivity contribution in [1.29, 1.82) is 0 Å². The predicted octanol–water partition coefficient (Wildman–Crippen LogP) is 4.02. The molecule has 0 aromatic heterocycles. The van der Waals surface area contributed by atoms with Gasteiger partial charge in [0.05, 0.1) is 5.02 Å². The average Bonchev–Trinajstić information content (AvgIpc) is 2.38. The molecular formula is C16H13ClO2. The highest BCUT2D eigenvalue weighted by Gasteiger charge is 2.21. The van der Waals surface area contributed by atoms with Crippen LogP contribution in [0.2, 0.25) is 5.02 Å². The van der Waals surface area contributed by atoms with E-state index >= 15 is 0 Å². The van der Waals surface area contributed by atoms with Crippen LogP contribution in [0.1, 0.15) is 31.8 Å². The van der Waals surface area contributed by atoms with Crippen LogP contribution in [0.25, 0.3) is 0 Å². The molecular weight excluding hydrogens is 260 g/mol. The Bertz CT molecular complexity index is 660. The van der Waals surface area contributed by atoms with Gasteiger partial charge in [-0.3, -0.25) is 9.59 Å². The summed E-state index contributed by atoms with van der Waals surface area (Å²) in [5.41, 5.74) is 2.40. The molecule has 2 nitrogen and oxygen atoms in total. The summed E-state index contributed by atoms with van der Waals surface area (Å²) in [5, 5.41) is 0.312. The van der Waals surface area contributed by atoms with Crippen molar-refractivity contribution < 1.29 is 9.59 Å². The summed E-state index contributed by atoms with van der Waals surface area (Å²) in [6, 6.07) is 12.1. The van der Waals surface area contributed by atoms with Crippen LogP contribution in [0.5, 0.6) is 0 Å². The molecule has 0 saturated carbocycles. The van der Waals surface area contributed by atoms with E-state index in [1.54, 1.807) is 43.3 Å². The lowest BCUT2D eigenvalue weighted by molar-refractivity contribution is 0.0816. The number of hydrogen-bond donors (Lipinski definition) is 0. The Morgan fingerprint density at radius 2 is 1.53 bits per heavy atom. The van der Waals surface area contributed by atoms with Crippen molar-refractivity contribution in [2.75, 3.05) is 0 Å². The van der Waals surface area contributed by atoms with Crippen LogP contribution in [0.3, 0.4) is 0 Å². The quantitative estimate of drug-likeness (QED) is 0.625. The molecule has 19 heavy (non-hydrogen) atoms. The number of carbonyl (C=O) groups excluding carboxylic acids is 2. The average molecular weight is 273 g/mol. The van der Waals surface area contributed by atoms with Gasteiger partial charge in [0.25, 0.3) is 0 Å². The van der Waals surface area contributed by atoms with E-state index in [0.29, 0.717) is 10.6 Å². The number of hydrogen-bond acceptors (Lipinski definition) is 2. The molecule has 0 unspecified atom stereocenters. The second-order valence-corrected chi connectivity index (χ2v) is 4.86. The fourth-order valence-corrected chi connectivity index (χ4v) is 2.20. The molecule has 2 aromatic rings. The van der Waals surface area contributed by atoms with E-state index in [4.69, 9.17) is 11.6 Å². The van der Waals surface area contributed by atoms with Gasteiger partial charge in [0.1, 0.15) is 0 Å². The SMILES string of the molecule is Cc1ccc(C(=O)C(=O)c2ccccc2C)c(Cl)c1. The predicted molar refractivity (Wildman–Crippen MR) is 76.0 cm³/mol. The van der Waals surface area contributed by atoms with Gasteiger partial charge in [-0.05, 0) is 37.1 Å². The molecule has 0 amide bonds. The third-order valence-electron chi connectivity index (χ3n) is 2.97. The highest BCUT2D eigenvalue weighted by atomic mass is 35.5. The lowest BCUT2D eigenvalue weighted by Crippen LogP contribution is -2.16. The first kappa shape index (κ1) is 13.5. The molecule has 0 N–H and O–H groups in total. The van der Waals surface area contributed by atoms with Gasteiger partial charge in [-0.25, -0.2) is 0 Å². The number of aryl methyl sites for hydroxylation is 2. The van der Waals surface area contributed by atoms with Crippen molar-refractivity contribution in [3.8, 4) is 0 Å². The molecule has 0 saturated heterocycles. The first-order chi connectivity index (χ1) is 9.00. The molecule has 0 bridgehead atoms. The smallest absolute Gasteiger partial charge is 0.235 e. The molecule has 0 radical (unpaired) electrons. The van der Waals surface area contributed by atoms with E-state index in [1.165, 1.54) is 0 Å². The van der Waals surface area contributed by atoms with Gasteiger partial charge in [0, 0.05) is 11.1 Å². The van der Waals surface area contributed by atoms with Crippen LogP contribution in [-0.4, -0.2) is 11.6 Å². The van der Waals surface area contributed by atoms with Crippen molar-refractivity contribution in [1.82, 2.24) is 0 Å². The normalized spacial score (nSPS) is 10.3. The minimum absolute atomic E-state index is 0.250. The van der Waals surface area contributed by atoms with Crippen LogP contribution < -0.4 is 0 Å². The minimum Gasteiger partial charge on any atom is -0.285 e. The summed E-state index contributed by atoms with van der Waals surface area (Å²) < 4.78 is 0. The van der Waals surface area contributed by atoms with Crippen molar-refractivity contribution in [2.24, 2.45) is 0 Å². The Morgan fingerprint density at radius 3 is 2.16 bits per heavy atom. The van der Waals surface area contributed by atoms with E-state index < -0.39 is 11.6 Å². The van der Waals surface area contributed by atoms with E-state index in [0.717, 1.165) is 11.1 Å². The van der Waals surface area contributed by atoms with Crippen molar-refractivity contribution in [3.05, 3.63) is 69.7 Å². The Kier molecular flexibility index (Phi) is 3.82. The maximum Gasteiger partial charge on any atom is 0.235 e. The van der Waals surface area contributed by atoms with Crippen LogP contribution >= 0.6 is 11.6 Å². The number of benzene rings is 2. The number of ketones is 2. The van der Waals surface area contributed by atoms with Crippen molar-refractivity contribution >= 4 is 23.2 Å². The Hall–Kier alpha value is -1.93. The maximum absolute atomic E-state index is 12.2.